The number of rotatable bonds is 7. The van der Waals surface area contributed by atoms with Crippen LogP contribution in [0, 0.1) is 0 Å². The van der Waals surface area contributed by atoms with E-state index in [9.17, 15) is 0 Å². The van der Waals surface area contributed by atoms with Crippen LogP contribution < -0.4 is 14.8 Å². The second-order valence-corrected chi connectivity index (χ2v) is 4.32. The molecule has 2 aromatic rings. The van der Waals surface area contributed by atoms with Gasteiger partial charge in [0.2, 0.25) is 0 Å². The van der Waals surface area contributed by atoms with Crippen LogP contribution in [0.2, 0.25) is 0 Å². The number of aryl methyl sites for hydroxylation is 1. The van der Waals surface area contributed by atoms with Crippen LogP contribution in [0.1, 0.15) is 19.4 Å². The van der Waals surface area contributed by atoms with Crippen LogP contribution in [-0.4, -0.2) is 23.5 Å². The molecular formula is C15H21N3O2. The van der Waals surface area contributed by atoms with Crippen LogP contribution in [0.4, 0.5) is 5.69 Å². The maximum absolute atomic E-state index is 5.57. The third-order valence-electron chi connectivity index (χ3n) is 3.00. The van der Waals surface area contributed by atoms with E-state index in [-0.39, 0.29) is 0 Å². The zero-order valence-corrected chi connectivity index (χ0v) is 12.2. The summed E-state index contributed by atoms with van der Waals surface area (Å²) in [5.41, 5.74) is 2.05. The van der Waals surface area contributed by atoms with Gasteiger partial charge in [-0.25, -0.2) is 0 Å². The zero-order chi connectivity index (χ0) is 14.4. The predicted molar refractivity (Wildman–Crippen MR) is 79.4 cm³/mol. The Hall–Kier alpha value is -2.17. The van der Waals surface area contributed by atoms with Crippen molar-refractivity contribution in [3.05, 3.63) is 36.2 Å². The van der Waals surface area contributed by atoms with E-state index in [1.807, 2.05) is 42.2 Å². The summed E-state index contributed by atoms with van der Waals surface area (Å²) in [7, 11) is 1.66. The largest absolute Gasteiger partial charge is 0.493 e. The molecule has 0 radical (unpaired) electrons. The molecular weight excluding hydrogens is 254 g/mol. The van der Waals surface area contributed by atoms with Crippen LogP contribution in [0.3, 0.4) is 0 Å². The number of anilines is 1. The Morgan fingerprint density at radius 2 is 2.15 bits per heavy atom. The molecule has 0 bridgehead atoms. The molecule has 0 unspecified atom stereocenters. The molecule has 5 nitrogen and oxygen atoms in total. The van der Waals surface area contributed by atoms with Gasteiger partial charge in [-0.1, -0.05) is 12.1 Å². The first-order chi connectivity index (χ1) is 9.78. The second-order valence-electron chi connectivity index (χ2n) is 4.32. The normalized spacial score (nSPS) is 10.3. The molecule has 1 aromatic heterocycles. The van der Waals surface area contributed by atoms with Crippen molar-refractivity contribution >= 4 is 5.69 Å². The van der Waals surface area contributed by atoms with Gasteiger partial charge in [0.15, 0.2) is 11.5 Å². The van der Waals surface area contributed by atoms with Crippen molar-refractivity contribution in [1.29, 1.82) is 0 Å². The monoisotopic (exact) mass is 275 g/mol. The van der Waals surface area contributed by atoms with Crippen LogP contribution in [-0.2, 0) is 13.1 Å². The van der Waals surface area contributed by atoms with Gasteiger partial charge in [-0.3, -0.25) is 4.68 Å². The van der Waals surface area contributed by atoms with Crippen molar-refractivity contribution in [3.8, 4) is 11.5 Å². The molecule has 20 heavy (non-hydrogen) atoms. The number of benzene rings is 1. The minimum Gasteiger partial charge on any atom is -0.493 e. The molecule has 0 aliphatic carbocycles. The maximum Gasteiger partial charge on any atom is 0.165 e. The van der Waals surface area contributed by atoms with E-state index in [1.54, 1.807) is 7.11 Å². The van der Waals surface area contributed by atoms with Gasteiger partial charge < -0.3 is 14.8 Å². The molecule has 0 aliphatic rings. The van der Waals surface area contributed by atoms with Crippen molar-refractivity contribution in [2.75, 3.05) is 19.0 Å². The van der Waals surface area contributed by atoms with Crippen LogP contribution in [0.5, 0.6) is 11.5 Å². The van der Waals surface area contributed by atoms with Crippen molar-refractivity contribution in [3.63, 3.8) is 0 Å². The molecule has 2 rings (SSSR count). The van der Waals surface area contributed by atoms with Gasteiger partial charge in [0.1, 0.15) is 0 Å². The highest BCUT2D eigenvalue weighted by atomic mass is 16.5. The molecule has 1 aromatic carbocycles. The molecule has 1 heterocycles. The van der Waals surface area contributed by atoms with Gasteiger partial charge in [-0.05, 0) is 19.9 Å². The number of nitrogens with zero attached hydrogens (tertiary/aromatic N) is 2. The fraction of sp³-hybridized carbons (Fsp3) is 0.400. The zero-order valence-electron chi connectivity index (χ0n) is 12.2. The molecule has 0 atom stereocenters. The van der Waals surface area contributed by atoms with Crippen molar-refractivity contribution < 1.29 is 9.47 Å². The lowest BCUT2D eigenvalue weighted by Gasteiger charge is -2.14. The van der Waals surface area contributed by atoms with E-state index in [0.717, 1.165) is 29.3 Å². The Bertz CT molecular complexity index is 552. The quantitative estimate of drug-likeness (QED) is 0.844. The molecule has 0 saturated heterocycles. The van der Waals surface area contributed by atoms with Crippen LogP contribution >= 0.6 is 0 Å². The van der Waals surface area contributed by atoms with Crippen molar-refractivity contribution in [2.24, 2.45) is 0 Å². The average molecular weight is 275 g/mol. The summed E-state index contributed by atoms with van der Waals surface area (Å²) in [5, 5.41) is 7.58. The number of hydrogen-bond acceptors (Lipinski definition) is 4. The minimum atomic E-state index is 0.622. The highest BCUT2D eigenvalue weighted by Crippen LogP contribution is 2.31. The summed E-state index contributed by atoms with van der Waals surface area (Å²) in [4.78, 5) is 0. The molecule has 5 heteroatoms. The smallest absolute Gasteiger partial charge is 0.165 e. The Kier molecular flexibility index (Phi) is 4.87. The Morgan fingerprint density at radius 1 is 1.30 bits per heavy atom. The van der Waals surface area contributed by atoms with E-state index in [4.69, 9.17) is 9.47 Å². The van der Waals surface area contributed by atoms with E-state index in [0.29, 0.717) is 13.2 Å². The number of para-hydroxylation sites is 1. The van der Waals surface area contributed by atoms with Crippen LogP contribution in [0.25, 0.3) is 0 Å². The molecule has 108 valence electrons. The molecule has 0 amide bonds. The third-order valence-corrected chi connectivity index (χ3v) is 3.00. The first-order valence-corrected chi connectivity index (χ1v) is 6.83. The number of methoxy groups -OCH3 is 1. The summed E-state index contributed by atoms with van der Waals surface area (Å²) >= 11 is 0. The van der Waals surface area contributed by atoms with Gasteiger partial charge >= 0.3 is 0 Å². The standard InChI is InChI=1S/C15H21N3O2/c1-4-18-11-13(10-17-18)16-9-12-7-6-8-14(20-5-2)15(12)19-3/h6-8,10-11,16H,4-5,9H2,1-3H3. The number of hydrogen-bond donors (Lipinski definition) is 1. The van der Waals surface area contributed by atoms with Gasteiger partial charge in [0.25, 0.3) is 0 Å². The fourth-order valence-corrected chi connectivity index (χ4v) is 2.03. The van der Waals surface area contributed by atoms with Gasteiger partial charge in [-0.15, -0.1) is 0 Å². The molecule has 0 saturated carbocycles. The molecule has 0 spiro atoms. The van der Waals surface area contributed by atoms with Crippen LogP contribution in [0.15, 0.2) is 30.6 Å². The molecule has 0 fully saturated rings. The first kappa shape index (κ1) is 14.2. The van der Waals surface area contributed by atoms with Gasteiger partial charge in [0, 0.05) is 24.8 Å². The lowest BCUT2D eigenvalue weighted by molar-refractivity contribution is 0.309. The summed E-state index contributed by atoms with van der Waals surface area (Å²) in [5.74, 6) is 1.56. The summed E-state index contributed by atoms with van der Waals surface area (Å²) < 4.78 is 12.9. The third kappa shape index (κ3) is 3.23. The predicted octanol–water partition coefficient (Wildman–Crippen LogP) is 2.92. The number of ether oxygens (including phenoxy) is 2. The summed E-state index contributed by atoms with van der Waals surface area (Å²) in [6.45, 7) is 6.18. The highest BCUT2D eigenvalue weighted by molar-refractivity contribution is 5.49. The average Bonchev–Trinajstić information content (AvgIpc) is 2.93. The maximum atomic E-state index is 5.57. The van der Waals surface area contributed by atoms with Gasteiger partial charge in [-0.2, -0.15) is 5.10 Å². The van der Waals surface area contributed by atoms with Crippen molar-refractivity contribution in [2.45, 2.75) is 26.9 Å². The topological polar surface area (TPSA) is 48.3 Å². The SMILES string of the molecule is CCOc1cccc(CNc2cnn(CC)c2)c1OC. The first-order valence-electron chi connectivity index (χ1n) is 6.83. The fourth-order valence-electron chi connectivity index (χ4n) is 2.03. The summed E-state index contributed by atoms with van der Waals surface area (Å²) in [6.07, 6.45) is 3.81. The van der Waals surface area contributed by atoms with E-state index < -0.39 is 0 Å². The molecule has 0 aliphatic heterocycles. The van der Waals surface area contributed by atoms with E-state index >= 15 is 0 Å². The Balaban J connectivity index is 2.10. The van der Waals surface area contributed by atoms with Gasteiger partial charge in [0.05, 0.1) is 25.6 Å². The highest BCUT2D eigenvalue weighted by Gasteiger charge is 2.09. The Morgan fingerprint density at radius 3 is 2.80 bits per heavy atom. The minimum absolute atomic E-state index is 0.622. The van der Waals surface area contributed by atoms with Crippen molar-refractivity contribution in [1.82, 2.24) is 9.78 Å². The second kappa shape index (κ2) is 6.84. The lowest BCUT2D eigenvalue weighted by atomic mass is 10.2. The summed E-state index contributed by atoms with van der Waals surface area (Å²) in [6, 6.07) is 5.92. The lowest BCUT2D eigenvalue weighted by Crippen LogP contribution is -2.03. The van der Waals surface area contributed by atoms with E-state index in [1.165, 1.54) is 0 Å². The molecule has 1 N–H and O–H groups in total. The van der Waals surface area contributed by atoms with E-state index in [2.05, 4.69) is 17.3 Å². The number of nitrogens with one attached hydrogen (secondary N) is 1. The number of aromatic nitrogens is 2. The Labute approximate surface area is 119 Å².